The van der Waals surface area contributed by atoms with Crippen molar-refractivity contribution in [3.8, 4) is 5.69 Å². The maximum atomic E-state index is 12.8. The van der Waals surface area contributed by atoms with E-state index in [0.717, 1.165) is 10.7 Å². The number of carbonyl (C=O) groups excluding carboxylic acids is 1. The van der Waals surface area contributed by atoms with Crippen molar-refractivity contribution < 1.29 is 14.6 Å². The predicted molar refractivity (Wildman–Crippen MR) is 111 cm³/mol. The van der Waals surface area contributed by atoms with Gasteiger partial charge < -0.3 is 0 Å². The minimum absolute atomic E-state index is 0.0329. The first-order chi connectivity index (χ1) is 14.7. The van der Waals surface area contributed by atoms with E-state index in [4.69, 9.17) is 0 Å². The Morgan fingerprint density at radius 3 is 2.32 bits per heavy atom. The van der Waals surface area contributed by atoms with E-state index in [0.29, 0.717) is 5.69 Å². The summed E-state index contributed by atoms with van der Waals surface area (Å²) in [6, 6.07) is 10.7. The average molecular weight is 424 g/mol. The van der Waals surface area contributed by atoms with Crippen LogP contribution in [0.2, 0.25) is 0 Å². The van der Waals surface area contributed by atoms with Crippen LogP contribution in [0.5, 0.6) is 0 Å². The zero-order chi connectivity index (χ0) is 22.7. The summed E-state index contributed by atoms with van der Waals surface area (Å²) in [5.41, 5.74) is 2.43. The SMILES string of the molecule is C/C(=N\NC(=O)c1cccc([N+](=O)[O-])c1)c1c(C)[nH]n(-c2cccc([N+](=O)[O-])c2)c1=O. The fraction of sp³-hybridized carbons (Fsp3) is 0.105. The van der Waals surface area contributed by atoms with Gasteiger partial charge in [-0.05, 0) is 26.0 Å². The van der Waals surface area contributed by atoms with Crippen molar-refractivity contribution in [1.29, 1.82) is 0 Å². The minimum Gasteiger partial charge on any atom is -0.295 e. The van der Waals surface area contributed by atoms with Crippen molar-refractivity contribution in [3.05, 3.63) is 95.9 Å². The van der Waals surface area contributed by atoms with Gasteiger partial charge >= 0.3 is 0 Å². The highest BCUT2D eigenvalue weighted by atomic mass is 16.6. The Morgan fingerprint density at radius 2 is 1.68 bits per heavy atom. The highest BCUT2D eigenvalue weighted by Crippen LogP contribution is 2.16. The number of nitrogens with zero attached hydrogens (tertiary/aromatic N) is 4. The maximum Gasteiger partial charge on any atom is 0.280 e. The van der Waals surface area contributed by atoms with Crippen LogP contribution in [-0.2, 0) is 0 Å². The molecule has 2 aromatic carbocycles. The summed E-state index contributed by atoms with van der Waals surface area (Å²) in [6.45, 7) is 3.12. The lowest BCUT2D eigenvalue weighted by Gasteiger charge is -2.02. The van der Waals surface area contributed by atoms with E-state index in [1.807, 2.05) is 0 Å². The third-order valence-electron chi connectivity index (χ3n) is 4.38. The van der Waals surface area contributed by atoms with Crippen LogP contribution in [0.1, 0.15) is 28.5 Å². The van der Waals surface area contributed by atoms with E-state index in [1.54, 1.807) is 6.92 Å². The molecule has 0 aliphatic carbocycles. The van der Waals surface area contributed by atoms with E-state index in [-0.39, 0.29) is 33.9 Å². The Labute approximate surface area is 174 Å². The normalized spacial score (nSPS) is 11.2. The Balaban J connectivity index is 1.89. The van der Waals surface area contributed by atoms with Crippen LogP contribution in [-0.4, -0.2) is 31.2 Å². The first kappa shape index (κ1) is 21.1. The van der Waals surface area contributed by atoms with Gasteiger partial charge in [-0.1, -0.05) is 12.1 Å². The predicted octanol–water partition coefficient (Wildman–Crippen LogP) is 2.44. The second-order valence-corrected chi connectivity index (χ2v) is 6.47. The van der Waals surface area contributed by atoms with Gasteiger partial charge in [0.1, 0.15) is 0 Å². The zero-order valence-electron chi connectivity index (χ0n) is 16.4. The molecule has 12 nitrogen and oxygen atoms in total. The topological polar surface area (TPSA) is 166 Å². The number of amides is 1. The molecule has 0 unspecified atom stereocenters. The van der Waals surface area contributed by atoms with E-state index in [1.165, 1.54) is 49.4 Å². The van der Waals surface area contributed by atoms with Crippen LogP contribution in [0.3, 0.4) is 0 Å². The average Bonchev–Trinajstić information content (AvgIpc) is 3.05. The number of H-pyrrole nitrogens is 1. The smallest absolute Gasteiger partial charge is 0.280 e. The van der Waals surface area contributed by atoms with E-state index in [9.17, 15) is 29.8 Å². The molecule has 0 fully saturated rings. The van der Waals surface area contributed by atoms with Gasteiger partial charge in [-0.2, -0.15) is 5.10 Å². The molecule has 0 spiro atoms. The first-order valence-corrected chi connectivity index (χ1v) is 8.85. The maximum absolute atomic E-state index is 12.8. The van der Waals surface area contributed by atoms with Crippen molar-refractivity contribution in [2.24, 2.45) is 5.10 Å². The van der Waals surface area contributed by atoms with Crippen LogP contribution in [0.15, 0.2) is 58.4 Å². The lowest BCUT2D eigenvalue weighted by atomic mass is 10.2. The van der Waals surface area contributed by atoms with E-state index in [2.05, 4.69) is 15.6 Å². The number of aryl methyl sites for hydroxylation is 1. The third-order valence-corrected chi connectivity index (χ3v) is 4.38. The number of nitrogens with one attached hydrogen (secondary N) is 2. The summed E-state index contributed by atoms with van der Waals surface area (Å²) < 4.78 is 1.14. The molecule has 0 aliphatic heterocycles. The number of non-ortho nitro benzene ring substituents is 2. The van der Waals surface area contributed by atoms with Crippen molar-refractivity contribution in [2.75, 3.05) is 0 Å². The Kier molecular flexibility index (Phi) is 5.72. The monoisotopic (exact) mass is 424 g/mol. The molecular weight excluding hydrogens is 408 g/mol. The molecular formula is C19H16N6O6. The molecule has 31 heavy (non-hydrogen) atoms. The van der Waals surface area contributed by atoms with Gasteiger partial charge in [0.2, 0.25) is 0 Å². The van der Waals surface area contributed by atoms with Crippen LogP contribution in [0, 0.1) is 27.2 Å². The Hall–Kier alpha value is -4.61. The zero-order valence-corrected chi connectivity index (χ0v) is 16.4. The van der Waals surface area contributed by atoms with Gasteiger partial charge in [-0.25, -0.2) is 10.1 Å². The van der Waals surface area contributed by atoms with Crippen molar-refractivity contribution in [3.63, 3.8) is 0 Å². The number of benzene rings is 2. The molecule has 0 saturated heterocycles. The number of aromatic nitrogens is 2. The number of aromatic amines is 1. The quantitative estimate of drug-likeness (QED) is 0.350. The summed E-state index contributed by atoms with van der Waals surface area (Å²) in [5.74, 6) is -0.685. The van der Waals surface area contributed by atoms with Gasteiger partial charge in [0, 0.05) is 35.5 Å². The largest absolute Gasteiger partial charge is 0.295 e. The number of hydrogen-bond donors (Lipinski definition) is 2. The second-order valence-electron chi connectivity index (χ2n) is 6.47. The van der Waals surface area contributed by atoms with Gasteiger partial charge in [0.05, 0.1) is 26.8 Å². The molecule has 0 bridgehead atoms. The van der Waals surface area contributed by atoms with Crippen LogP contribution >= 0.6 is 0 Å². The molecule has 1 amide bonds. The minimum atomic E-state index is -0.685. The van der Waals surface area contributed by atoms with Gasteiger partial charge in [0.25, 0.3) is 22.8 Å². The summed E-state index contributed by atoms with van der Waals surface area (Å²) in [5, 5.41) is 28.6. The molecule has 158 valence electrons. The van der Waals surface area contributed by atoms with Gasteiger partial charge in [0.15, 0.2) is 0 Å². The number of hydrogen-bond acceptors (Lipinski definition) is 7. The molecule has 12 heteroatoms. The van der Waals surface area contributed by atoms with Gasteiger partial charge in [-0.15, -0.1) is 0 Å². The van der Waals surface area contributed by atoms with E-state index >= 15 is 0 Å². The number of nitro groups is 2. The fourth-order valence-electron chi connectivity index (χ4n) is 2.92. The molecule has 3 aromatic rings. The molecule has 2 N–H and O–H groups in total. The lowest BCUT2D eigenvalue weighted by Crippen LogP contribution is -2.23. The molecule has 0 radical (unpaired) electrons. The molecule has 1 heterocycles. The molecule has 3 rings (SSSR count). The summed E-state index contributed by atoms with van der Waals surface area (Å²) >= 11 is 0. The molecule has 0 atom stereocenters. The molecule has 1 aromatic heterocycles. The number of carbonyl (C=O) groups is 1. The van der Waals surface area contributed by atoms with Crippen LogP contribution in [0.4, 0.5) is 11.4 Å². The van der Waals surface area contributed by atoms with Crippen molar-refractivity contribution in [1.82, 2.24) is 15.2 Å². The standard InChI is InChI=1S/C19H16N6O6/c1-11(20-21-18(26)13-5-3-7-15(9-13)24(28)29)17-12(2)22-23(19(17)27)14-6-4-8-16(10-14)25(30)31/h3-10,22H,1-2H3,(H,21,26)/b20-11+. The summed E-state index contributed by atoms with van der Waals surface area (Å²) in [4.78, 5) is 45.7. The fourth-order valence-corrected chi connectivity index (χ4v) is 2.92. The summed E-state index contributed by atoms with van der Waals surface area (Å²) in [6.07, 6.45) is 0. The Bertz CT molecular complexity index is 1290. The summed E-state index contributed by atoms with van der Waals surface area (Å²) in [7, 11) is 0. The van der Waals surface area contributed by atoms with Crippen molar-refractivity contribution >= 4 is 23.0 Å². The lowest BCUT2D eigenvalue weighted by molar-refractivity contribution is -0.385. The van der Waals surface area contributed by atoms with E-state index < -0.39 is 21.3 Å². The number of hydrazone groups is 1. The highest BCUT2D eigenvalue weighted by Gasteiger charge is 2.17. The molecule has 0 aliphatic rings. The van der Waals surface area contributed by atoms with Crippen LogP contribution in [0.25, 0.3) is 5.69 Å². The molecule has 0 saturated carbocycles. The third kappa shape index (κ3) is 4.37. The van der Waals surface area contributed by atoms with Crippen LogP contribution < -0.4 is 11.0 Å². The highest BCUT2D eigenvalue weighted by molar-refractivity contribution is 6.01. The number of rotatable bonds is 6. The second kappa shape index (κ2) is 8.41. The first-order valence-electron chi connectivity index (χ1n) is 8.85. The number of nitro benzene ring substituents is 2. The van der Waals surface area contributed by atoms with Gasteiger partial charge in [-0.3, -0.25) is 34.9 Å². The van der Waals surface area contributed by atoms with Crippen molar-refractivity contribution in [2.45, 2.75) is 13.8 Å². The Morgan fingerprint density at radius 1 is 1.06 bits per heavy atom.